The first-order valence-electron chi connectivity index (χ1n) is 9.31. The Morgan fingerprint density at radius 3 is 2.81 bits per heavy atom. The summed E-state index contributed by atoms with van der Waals surface area (Å²) in [5.41, 5.74) is 1.92. The number of aromatic nitrogens is 2. The van der Waals surface area contributed by atoms with Crippen molar-refractivity contribution in [2.24, 2.45) is 0 Å². The number of hydrogen-bond donors (Lipinski definition) is 1. The second-order valence-electron chi connectivity index (χ2n) is 6.84. The molecule has 1 unspecified atom stereocenters. The van der Waals surface area contributed by atoms with E-state index >= 15 is 0 Å². The van der Waals surface area contributed by atoms with Crippen LogP contribution in [0.2, 0.25) is 0 Å². The van der Waals surface area contributed by atoms with Gasteiger partial charge in [0, 0.05) is 12.2 Å². The first-order valence-corrected chi connectivity index (χ1v) is 9.31. The van der Waals surface area contributed by atoms with Crippen molar-refractivity contribution < 1.29 is 14.3 Å². The highest BCUT2D eigenvalue weighted by atomic mass is 16.5. The summed E-state index contributed by atoms with van der Waals surface area (Å²) in [6, 6.07) is 9.14. The molecule has 1 atom stereocenters. The first-order chi connectivity index (χ1) is 13.0. The molecule has 0 saturated carbocycles. The van der Waals surface area contributed by atoms with Crippen LogP contribution in [0, 0.1) is 6.92 Å². The van der Waals surface area contributed by atoms with Crippen molar-refractivity contribution in [3.05, 3.63) is 41.7 Å². The van der Waals surface area contributed by atoms with Crippen LogP contribution in [0.15, 0.2) is 30.3 Å². The number of piperazine rings is 1. The number of aryl methyl sites for hydroxylation is 1. The third kappa shape index (κ3) is 3.97. The molecule has 0 bridgehead atoms. The third-order valence-electron chi connectivity index (χ3n) is 4.89. The molecule has 1 fully saturated rings. The van der Waals surface area contributed by atoms with E-state index in [1.165, 1.54) is 0 Å². The fourth-order valence-corrected chi connectivity index (χ4v) is 3.46. The number of nitrogens with one attached hydrogen (secondary N) is 1. The van der Waals surface area contributed by atoms with E-state index in [0.717, 1.165) is 30.6 Å². The number of aromatic amines is 1. The van der Waals surface area contributed by atoms with Crippen LogP contribution in [0.25, 0.3) is 0 Å². The molecule has 3 rings (SSSR count). The monoisotopic (exact) mass is 370 g/mol. The zero-order valence-electron chi connectivity index (χ0n) is 16.1. The summed E-state index contributed by atoms with van der Waals surface area (Å²) in [6.07, 6.45) is 2.86. The molecule has 2 amide bonds. The second-order valence-corrected chi connectivity index (χ2v) is 6.84. The summed E-state index contributed by atoms with van der Waals surface area (Å²) in [5, 5.41) is 6.87. The molecular formula is C20H26N4O3. The van der Waals surface area contributed by atoms with E-state index in [-0.39, 0.29) is 24.4 Å². The van der Waals surface area contributed by atoms with Crippen LogP contribution in [0.4, 0.5) is 5.69 Å². The number of unbranched alkanes of at least 4 members (excludes halogenated alkanes) is 1. The minimum atomic E-state index is -0.200. The summed E-state index contributed by atoms with van der Waals surface area (Å²) in [4.78, 5) is 29.2. The summed E-state index contributed by atoms with van der Waals surface area (Å²) in [6.45, 7) is 4.46. The Labute approximate surface area is 159 Å². The molecule has 7 nitrogen and oxygen atoms in total. The van der Waals surface area contributed by atoms with Gasteiger partial charge < -0.3 is 14.5 Å². The van der Waals surface area contributed by atoms with E-state index in [1.54, 1.807) is 23.0 Å². The summed E-state index contributed by atoms with van der Waals surface area (Å²) < 4.78 is 5.42. The maximum absolute atomic E-state index is 12.9. The van der Waals surface area contributed by atoms with E-state index in [4.69, 9.17) is 4.74 Å². The van der Waals surface area contributed by atoms with Crippen molar-refractivity contribution >= 4 is 17.5 Å². The normalized spacial score (nSPS) is 17.3. The van der Waals surface area contributed by atoms with Gasteiger partial charge in [-0.2, -0.15) is 5.10 Å². The molecule has 7 heteroatoms. The fraction of sp³-hybridized carbons (Fsp3) is 0.450. The molecule has 0 radical (unpaired) electrons. The van der Waals surface area contributed by atoms with Crippen LogP contribution in [0.5, 0.6) is 5.75 Å². The number of carbonyl (C=O) groups is 2. The maximum Gasteiger partial charge on any atom is 0.275 e. The average molecular weight is 370 g/mol. The number of ether oxygens (including phenoxy) is 1. The van der Waals surface area contributed by atoms with Crippen molar-refractivity contribution in [2.45, 2.75) is 39.2 Å². The molecule has 0 aliphatic carbocycles. The quantitative estimate of drug-likeness (QED) is 0.848. The number of para-hydroxylation sites is 2. The van der Waals surface area contributed by atoms with E-state index < -0.39 is 0 Å². The Balaban J connectivity index is 1.87. The summed E-state index contributed by atoms with van der Waals surface area (Å²) in [5.74, 6) is 0.337. The molecule has 2 heterocycles. The van der Waals surface area contributed by atoms with Gasteiger partial charge in [-0.05, 0) is 31.5 Å². The van der Waals surface area contributed by atoms with Gasteiger partial charge in [-0.1, -0.05) is 31.9 Å². The molecule has 2 aromatic rings. The highest BCUT2D eigenvalue weighted by Gasteiger charge is 2.37. The first kappa shape index (κ1) is 18.9. The van der Waals surface area contributed by atoms with Crippen LogP contribution in [0.3, 0.4) is 0 Å². The van der Waals surface area contributed by atoms with Crippen LogP contribution in [-0.4, -0.2) is 53.2 Å². The topological polar surface area (TPSA) is 78.5 Å². The Morgan fingerprint density at radius 1 is 1.37 bits per heavy atom. The van der Waals surface area contributed by atoms with Crippen LogP contribution < -0.4 is 9.64 Å². The number of carbonyl (C=O) groups excluding carboxylic acids is 2. The van der Waals surface area contributed by atoms with Gasteiger partial charge in [0.2, 0.25) is 5.91 Å². The van der Waals surface area contributed by atoms with Gasteiger partial charge >= 0.3 is 0 Å². The van der Waals surface area contributed by atoms with Gasteiger partial charge in [0.05, 0.1) is 18.8 Å². The van der Waals surface area contributed by atoms with Gasteiger partial charge in [0.15, 0.2) is 0 Å². The van der Waals surface area contributed by atoms with Gasteiger partial charge in [-0.25, -0.2) is 0 Å². The molecule has 1 aromatic carbocycles. The molecule has 144 valence electrons. The van der Waals surface area contributed by atoms with E-state index in [1.807, 2.05) is 31.2 Å². The second kappa shape index (κ2) is 8.24. The lowest BCUT2D eigenvalue weighted by molar-refractivity contribution is -0.121. The van der Waals surface area contributed by atoms with Crippen molar-refractivity contribution in [3.63, 3.8) is 0 Å². The van der Waals surface area contributed by atoms with Gasteiger partial charge in [-0.15, -0.1) is 0 Å². The number of H-pyrrole nitrogens is 1. The molecule has 27 heavy (non-hydrogen) atoms. The number of amides is 2. The lowest BCUT2D eigenvalue weighted by Crippen LogP contribution is -2.58. The number of nitrogens with zero attached hydrogens (tertiary/aromatic N) is 3. The molecule has 1 aliphatic rings. The van der Waals surface area contributed by atoms with E-state index in [9.17, 15) is 9.59 Å². The summed E-state index contributed by atoms with van der Waals surface area (Å²) >= 11 is 0. The van der Waals surface area contributed by atoms with Crippen LogP contribution >= 0.6 is 0 Å². The summed E-state index contributed by atoms with van der Waals surface area (Å²) in [7, 11) is 1.59. The van der Waals surface area contributed by atoms with Crippen LogP contribution in [0.1, 0.15) is 42.4 Å². The molecule has 1 saturated heterocycles. The van der Waals surface area contributed by atoms with Gasteiger partial charge in [-0.3, -0.25) is 14.7 Å². The Hall–Kier alpha value is -2.83. The Morgan fingerprint density at radius 2 is 2.15 bits per heavy atom. The highest BCUT2D eigenvalue weighted by molar-refractivity contribution is 6.02. The average Bonchev–Trinajstić information content (AvgIpc) is 3.12. The number of rotatable bonds is 6. The van der Waals surface area contributed by atoms with Crippen molar-refractivity contribution in [1.29, 1.82) is 0 Å². The van der Waals surface area contributed by atoms with Gasteiger partial charge in [0.1, 0.15) is 18.0 Å². The largest absolute Gasteiger partial charge is 0.495 e. The minimum absolute atomic E-state index is 0.0389. The van der Waals surface area contributed by atoms with Crippen molar-refractivity contribution in [1.82, 2.24) is 15.1 Å². The fourth-order valence-electron chi connectivity index (χ4n) is 3.46. The SMILES string of the molecule is CCCCC1CN(c2ccccc2OC)C(=O)CN1C(=O)c1cc(C)[nH]n1. The zero-order valence-corrected chi connectivity index (χ0v) is 16.1. The number of anilines is 1. The molecule has 1 N–H and O–H groups in total. The molecular weight excluding hydrogens is 344 g/mol. The van der Waals surface area contributed by atoms with Crippen molar-refractivity contribution in [2.75, 3.05) is 25.1 Å². The van der Waals surface area contributed by atoms with E-state index in [0.29, 0.717) is 18.0 Å². The Bertz CT molecular complexity index is 817. The standard InChI is InChI=1S/C20H26N4O3/c1-4-5-8-15-12-24(17-9-6-7-10-18(17)27-3)19(25)13-23(15)20(26)16-11-14(2)21-22-16/h6-7,9-11,15H,4-5,8,12-13H2,1-3H3,(H,21,22). The molecule has 1 aliphatic heterocycles. The molecule has 0 spiro atoms. The highest BCUT2D eigenvalue weighted by Crippen LogP contribution is 2.31. The number of methoxy groups -OCH3 is 1. The Kier molecular flexibility index (Phi) is 5.78. The minimum Gasteiger partial charge on any atom is -0.495 e. The smallest absolute Gasteiger partial charge is 0.275 e. The maximum atomic E-state index is 12.9. The predicted molar refractivity (Wildman–Crippen MR) is 103 cm³/mol. The lowest BCUT2D eigenvalue weighted by Gasteiger charge is -2.41. The lowest BCUT2D eigenvalue weighted by atomic mass is 10.0. The molecule has 1 aromatic heterocycles. The van der Waals surface area contributed by atoms with Gasteiger partial charge in [0.25, 0.3) is 5.91 Å². The number of hydrogen-bond acceptors (Lipinski definition) is 4. The van der Waals surface area contributed by atoms with Crippen LogP contribution in [-0.2, 0) is 4.79 Å². The number of benzene rings is 1. The van der Waals surface area contributed by atoms with E-state index in [2.05, 4.69) is 17.1 Å². The third-order valence-corrected chi connectivity index (χ3v) is 4.89. The zero-order chi connectivity index (χ0) is 19.4. The predicted octanol–water partition coefficient (Wildman–Crippen LogP) is 2.77. The van der Waals surface area contributed by atoms with Crippen molar-refractivity contribution in [3.8, 4) is 5.75 Å².